The van der Waals surface area contributed by atoms with Crippen LogP contribution in [0.2, 0.25) is 10.0 Å². The Bertz CT molecular complexity index is 1380. The second-order valence-corrected chi connectivity index (χ2v) is 8.68. The number of ketones is 1. The van der Waals surface area contributed by atoms with Gasteiger partial charge in [0.05, 0.1) is 21.3 Å². The fourth-order valence-corrected chi connectivity index (χ4v) is 4.00. The fraction of sp³-hybridized carbons (Fsp3) is 0.115. The molecule has 37 heavy (non-hydrogen) atoms. The van der Waals surface area contributed by atoms with Crippen molar-refractivity contribution >= 4 is 52.5 Å². The van der Waals surface area contributed by atoms with E-state index in [-0.39, 0.29) is 40.2 Å². The Kier molecular flexibility index (Phi) is 9.21. The van der Waals surface area contributed by atoms with Gasteiger partial charge in [-0.1, -0.05) is 65.7 Å². The maximum absolute atomic E-state index is 12.7. The number of carboxylic acids is 1. The lowest BCUT2D eigenvalue weighted by molar-refractivity contribution is -0.139. The lowest BCUT2D eigenvalue weighted by Crippen LogP contribution is -2.42. The Morgan fingerprint density at radius 3 is 2.24 bits per heavy atom. The van der Waals surface area contributed by atoms with Crippen LogP contribution in [0.25, 0.3) is 0 Å². The number of Topliss-reactive ketones (excluding diaryl/α,β-unsaturated/α-hetero) is 1. The molecule has 188 valence electrons. The number of nitriles is 1. The maximum atomic E-state index is 12.7. The molecule has 11 heteroatoms. The molecule has 0 saturated carbocycles. The summed E-state index contributed by atoms with van der Waals surface area (Å²) in [6, 6.07) is 16.7. The molecule has 0 aliphatic carbocycles. The van der Waals surface area contributed by atoms with Crippen LogP contribution >= 0.6 is 23.2 Å². The fourth-order valence-electron chi connectivity index (χ4n) is 3.43. The molecule has 0 radical (unpaired) electrons. The molecule has 0 heterocycles. The minimum Gasteiger partial charge on any atom is -0.480 e. The second-order valence-electron chi connectivity index (χ2n) is 7.87. The van der Waals surface area contributed by atoms with Gasteiger partial charge < -0.3 is 16.2 Å². The van der Waals surface area contributed by atoms with Crippen LogP contribution in [0.5, 0.6) is 0 Å². The van der Waals surface area contributed by atoms with Crippen molar-refractivity contribution in [2.24, 2.45) is 10.7 Å². The number of nitrogens with two attached hydrogens (primary N) is 1. The molecule has 0 unspecified atom stereocenters. The SMILES string of the molecule is N#CNC(N)=Nc1cccc(C(=O)Cc2ccc(C[C@H](NC(=O)c3c(Cl)cccc3Cl)C(=O)O)cc2)c1. The van der Waals surface area contributed by atoms with Gasteiger partial charge in [0.1, 0.15) is 6.04 Å². The number of halogens is 2. The van der Waals surface area contributed by atoms with Crippen LogP contribution < -0.4 is 16.4 Å². The number of nitrogens with one attached hydrogen (secondary N) is 2. The molecule has 0 saturated heterocycles. The summed E-state index contributed by atoms with van der Waals surface area (Å²) < 4.78 is 0. The number of guanidine groups is 1. The van der Waals surface area contributed by atoms with E-state index in [1.54, 1.807) is 60.8 Å². The molecule has 9 nitrogen and oxygen atoms in total. The van der Waals surface area contributed by atoms with Gasteiger partial charge in [0.15, 0.2) is 12.0 Å². The molecule has 3 aromatic carbocycles. The van der Waals surface area contributed by atoms with Crippen LogP contribution in [0.3, 0.4) is 0 Å². The second kappa shape index (κ2) is 12.5. The lowest BCUT2D eigenvalue weighted by Gasteiger charge is -2.16. The summed E-state index contributed by atoms with van der Waals surface area (Å²) in [4.78, 5) is 41.1. The van der Waals surface area contributed by atoms with Gasteiger partial charge >= 0.3 is 5.97 Å². The summed E-state index contributed by atoms with van der Waals surface area (Å²) in [6.07, 6.45) is 1.77. The number of carboxylic acid groups (broad SMARTS) is 1. The van der Waals surface area contributed by atoms with Gasteiger partial charge in [-0.3, -0.25) is 14.9 Å². The zero-order chi connectivity index (χ0) is 26.9. The zero-order valence-electron chi connectivity index (χ0n) is 19.2. The van der Waals surface area contributed by atoms with E-state index in [0.717, 1.165) is 0 Å². The number of amides is 1. The summed E-state index contributed by atoms with van der Waals surface area (Å²) in [5, 5.41) is 23.1. The molecule has 0 fully saturated rings. The van der Waals surface area contributed by atoms with Gasteiger partial charge in [-0.2, -0.15) is 5.26 Å². The van der Waals surface area contributed by atoms with Crippen molar-refractivity contribution in [3.63, 3.8) is 0 Å². The summed E-state index contributed by atoms with van der Waals surface area (Å²) in [7, 11) is 0. The Hall–Kier alpha value is -4.39. The predicted molar refractivity (Wildman–Crippen MR) is 140 cm³/mol. The molecule has 1 atom stereocenters. The number of benzene rings is 3. The standard InChI is InChI=1S/C26H21Cl2N5O4/c27-19-5-2-6-20(28)23(19)24(35)33-21(25(36)37)11-15-7-9-16(10-8-15)12-22(34)17-3-1-4-18(13-17)32-26(30)31-14-29/h1-10,13,21H,11-12H2,(H,33,35)(H,36,37)(H3,30,31,32)/t21-/m0/s1. The van der Waals surface area contributed by atoms with Crippen LogP contribution in [-0.4, -0.2) is 34.8 Å². The highest BCUT2D eigenvalue weighted by atomic mass is 35.5. The van der Waals surface area contributed by atoms with Crippen molar-refractivity contribution in [3.8, 4) is 6.19 Å². The van der Waals surface area contributed by atoms with Gasteiger partial charge in [-0.25, -0.2) is 9.79 Å². The lowest BCUT2D eigenvalue weighted by atomic mass is 9.99. The van der Waals surface area contributed by atoms with E-state index in [0.29, 0.717) is 22.4 Å². The molecular weight excluding hydrogens is 517 g/mol. The minimum absolute atomic E-state index is 0.00437. The van der Waals surface area contributed by atoms with Crippen LogP contribution in [0.15, 0.2) is 71.7 Å². The maximum Gasteiger partial charge on any atom is 0.326 e. The molecule has 3 rings (SSSR count). The molecule has 5 N–H and O–H groups in total. The predicted octanol–water partition coefficient (Wildman–Crippen LogP) is 3.86. The number of hydrogen-bond donors (Lipinski definition) is 4. The highest BCUT2D eigenvalue weighted by molar-refractivity contribution is 6.39. The van der Waals surface area contributed by atoms with Crippen molar-refractivity contribution in [1.29, 1.82) is 5.26 Å². The van der Waals surface area contributed by atoms with E-state index in [1.807, 2.05) is 0 Å². The first-order valence-corrected chi connectivity index (χ1v) is 11.6. The van der Waals surface area contributed by atoms with E-state index in [9.17, 15) is 19.5 Å². The number of carbonyl (C=O) groups excluding carboxylic acids is 2. The summed E-state index contributed by atoms with van der Waals surface area (Å²) in [5.74, 6) is -2.16. The Morgan fingerprint density at radius 1 is 1.00 bits per heavy atom. The first kappa shape index (κ1) is 27.2. The molecule has 0 aliphatic rings. The van der Waals surface area contributed by atoms with Crippen molar-refractivity contribution in [2.45, 2.75) is 18.9 Å². The molecule has 1 amide bonds. The number of hydrogen-bond acceptors (Lipinski definition) is 5. The first-order chi connectivity index (χ1) is 17.7. The normalized spacial score (nSPS) is 11.8. The third-order valence-corrected chi connectivity index (χ3v) is 5.85. The van der Waals surface area contributed by atoms with Crippen LogP contribution in [0.4, 0.5) is 5.69 Å². The van der Waals surface area contributed by atoms with Crippen molar-refractivity contribution in [1.82, 2.24) is 10.6 Å². The average molecular weight is 538 g/mol. The van der Waals surface area contributed by atoms with E-state index < -0.39 is 17.9 Å². The Morgan fingerprint density at radius 2 is 1.62 bits per heavy atom. The van der Waals surface area contributed by atoms with E-state index >= 15 is 0 Å². The summed E-state index contributed by atoms with van der Waals surface area (Å²) in [5.41, 5.74) is 7.76. The van der Waals surface area contributed by atoms with Gasteiger partial charge in [0.25, 0.3) is 5.91 Å². The number of nitrogens with zero attached hydrogens (tertiary/aromatic N) is 2. The van der Waals surface area contributed by atoms with Crippen molar-refractivity contribution < 1.29 is 19.5 Å². The summed E-state index contributed by atoms with van der Waals surface area (Å²) >= 11 is 12.1. The van der Waals surface area contributed by atoms with Gasteiger partial charge in [0.2, 0.25) is 5.96 Å². The number of aliphatic imine (C=N–C) groups is 1. The highest BCUT2D eigenvalue weighted by Crippen LogP contribution is 2.24. The van der Waals surface area contributed by atoms with Gasteiger partial charge in [-0.15, -0.1) is 0 Å². The molecule has 3 aromatic rings. The quantitative estimate of drug-likeness (QED) is 0.106. The first-order valence-electron chi connectivity index (χ1n) is 10.9. The molecule has 0 aromatic heterocycles. The Balaban J connectivity index is 1.66. The third kappa shape index (κ3) is 7.54. The molecule has 0 spiro atoms. The monoisotopic (exact) mass is 537 g/mol. The molecule has 0 bridgehead atoms. The van der Waals surface area contributed by atoms with E-state index in [2.05, 4.69) is 15.6 Å². The number of carbonyl (C=O) groups is 3. The van der Waals surface area contributed by atoms with E-state index in [1.165, 1.54) is 12.1 Å². The Labute approximate surface area is 222 Å². The van der Waals surface area contributed by atoms with Crippen molar-refractivity contribution in [3.05, 3.63) is 99.0 Å². The smallest absolute Gasteiger partial charge is 0.326 e. The molecular formula is C26H21Cl2N5O4. The topological polar surface area (TPSA) is 158 Å². The minimum atomic E-state index is -1.22. The van der Waals surface area contributed by atoms with Crippen LogP contribution in [-0.2, 0) is 17.6 Å². The average Bonchev–Trinajstić information content (AvgIpc) is 2.85. The molecule has 0 aliphatic heterocycles. The number of aliphatic carboxylic acids is 1. The van der Waals surface area contributed by atoms with E-state index in [4.69, 9.17) is 34.2 Å². The summed E-state index contributed by atoms with van der Waals surface area (Å²) in [6.45, 7) is 0. The number of rotatable bonds is 9. The van der Waals surface area contributed by atoms with Gasteiger partial charge in [-0.05, 0) is 35.4 Å². The highest BCUT2D eigenvalue weighted by Gasteiger charge is 2.24. The van der Waals surface area contributed by atoms with Gasteiger partial charge in [0, 0.05) is 18.4 Å². The largest absolute Gasteiger partial charge is 0.480 e. The van der Waals surface area contributed by atoms with Crippen LogP contribution in [0.1, 0.15) is 31.8 Å². The third-order valence-electron chi connectivity index (χ3n) is 5.22. The van der Waals surface area contributed by atoms with Crippen LogP contribution in [0, 0.1) is 11.5 Å². The zero-order valence-corrected chi connectivity index (χ0v) is 20.8. The van der Waals surface area contributed by atoms with Crippen molar-refractivity contribution in [2.75, 3.05) is 0 Å².